The molecule has 23 heavy (non-hydrogen) atoms. The number of aromatic nitrogens is 2. The smallest absolute Gasteiger partial charge is 0.254 e. The Hall–Kier alpha value is -2.05. The molecule has 1 saturated heterocycles. The molecule has 6 nitrogen and oxygen atoms in total. The van der Waals surface area contributed by atoms with Crippen LogP contribution in [0.3, 0.4) is 0 Å². The van der Waals surface area contributed by atoms with E-state index in [1.807, 2.05) is 20.2 Å². The van der Waals surface area contributed by atoms with E-state index in [-0.39, 0.29) is 16.7 Å². The highest BCUT2D eigenvalue weighted by Crippen LogP contribution is 2.30. The Kier molecular flexibility index (Phi) is 4.04. The topological polar surface area (TPSA) is 67.6 Å². The third kappa shape index (κ3) is 3.04. The molecule has 1 aromatic heterocycles. The van der Waals surface area contributed by atoms with Crippen molar-refractivity contribution < 1.29 is 14.6 Å². The quantitative estimate of drug-likeness (QED) is 0.913. The van der Waals surface area contributed by atoms with Gasteiger partial charge >= 0.3 is 0 Å². The highest BCUT2D eigenvalue weighted by molar-refractivity contribution is 6.32. The molecule has 1 fully saturated rings. The average molecular weight is 336 g/mol. The maximum absolute atomic E-state index is 12.7. The summed E-state index contributed by atoms with van der Waals surface area (Å²) in [6.45, 7) is 3.33. The standard InChI is InChI=1S/C16H18ClN3O3/c1-16(12-8-18-19(2)9-12)10-20(5-6-23-16)15(22)11-3-4-14(21)13(17)7-11/h3-4,7-9,21H,5-6,10H2,1-2H3/t16-/m0/s1. The zero-order chi connectivity index (χ0) is 16.6. The van der Waals surface area contributed by atoms with Gasteiger partial charge in [-0.2, -0.15) is 5.10 Å². The zero-order valence-electron chi connectivity index (χ0n) is 13.0. The second-order valence-corrected chi connectivity index (χ2v) is 6.28. The van der Waals surface area contributed by atoms with Gasteiger partial charge in [-0.05, 0) is 25.1 Å². The second kappa shape index (κ2) is 5.86. The fraction of sp³-hybridized carbons (Fsp3) is 0.375. The molecule has 0 aliphatic carbocycles. The van der Waals surface area contributed by atoms with Gasteiger partial charge in [-0.1, -0.05) is 11.6 Å². The summed E-state index contributed by atoms with van der Waals surface area (Å²) in [5.41, 5.74) is 0.785. The van der Waals surface area contributed by atoms with Crippen molar-refractivity contribution in [3.05, 3.63) is 46.7 Å². The lowest BCUT2D eigenvalue weighted by Crippen LogP contribution is -2.50. The van der Waals surface area contributed by atoms with Gasteiger partial charge in [0.1, 0.15) is 11.4 Å². The van der Waals surface area contributed by atoms with Crippen LogP contribution in [0.4, 0.5) is 0 Å². The molecule has 2 heterocycles. The zero-order valence-corrected chi connectivity index (χ0v) is 13.7. The van der Waals surface area contributed by atoms with E-state index >= 15 is 0 Å². The summed E-state index contributed by atoms with van der Waals surface area (Å²) in [4.78, 5) is 14.4. The summed E-state index contributed by atoms with van der Waals surface area (Å²) in [5, 5.41) is 13.8. The number of carbonyl (C=O) groups excluding carboxylic acids is 1. The maximum Gasteiger partial charge on any atom is 0.254 e. The van der Waals surface area contributed by atoms with Crippen molar-refractivity contribution in [2.45, 2.75) is 12.5 Å². The molecule has 1 N–H and O–H groups in total. The first-order chi connectivity index (χ1) is 10.9. The third-order valence-corrected chi connectivity index (χ3v) is 4.37. The Morgan fingerprint density at radius 2 is 2.26 bits per heavy atom. The number of phenols is 1. The van der Waals surface area contributed by atoms with E-state index in [9.17, 15) is 9.90 Å². The van der Waals surface area contributed by atoms with Gasteiger partial charge < -0.3 is 14.7 Å². The van der Waals surface area contributed by atoms with Crippen molar-refractivity contribution in [1.82, 2.24) is 14.7 Å². The number of rotatable bonds is 2. The van der Waals surface area contributed by atoms with E-state index in [2.05, 4.69) is 5.10 Å². The van der Waals surface area contributed by atoms with Crippen LogP contribution in [0.15, 0.2) is 30.6 Å². The second-order valence-electron chi connectivity index (χ2n) is 5.87. The van der Waals surface area contributed by atoms with E-state index in [1.54, 1.807) is 21.8 Å². The molecule has 7 heteroatoms. The lowest BCUT2D eigenvalue weighted by atomic mass is 9.96. The molecular weight excluding hydrogens is 318 g/mol. The molecule has 0 saturated carbocycles. The molecule has 0 bridgehead atoms. The van der Waals surface area contributed by atoms with Gasteiger partial charge in [0.2, 0.25) is 0 Å². The highest BCUT2D eigenvalue weighted by Gasteiger charge is 2.37. The van der Waals surface area contributed by atoms with Crippen molar-refractivity contribution >= 4 is 17.5 Å². The molecule has 1 aliphatic heterocycles. The van der Waals surface area contributed by atoms with Gasteiger partial charge in [-0.15, -0.1) is 0 Å². The summed E-state index contributed by atoms with van der Waals surface area (Å²) in [7, 11) is 1.84. The Morgan fingerprint density at radius 3 is 2.91 bits per heavy atom. The van der Waals surface area contributed by atoms with E-state index in [1.165, 1.54) is 12.1 Å². The van der Waals surface area contributed by atoms with Crippen LogP contribution in [0, 0.1) is 0 Å². The monoisotopic (exact) mass is 335 g/mol. The van der Waals surface area contributed by atoms with E-state index < -0.39 is 5.60 Å². The van der Waals surface area contributed by atoms with Gasteiger partial charge in [-0.25, -0.2) is 0 Å². The number of halogens is 1. The number of phenolic OH excluding ortho intramolecular Hbond substituents is 1. The number of nitrogens with zero attached hydrogens (tertiary/aromatic N) is 3. The van der Waals surface area contributed by atoms with Crippen LogP contribution in [0.1, 0.15) is 22.8 Å². The van der Waals surface area contributed by atoms with E-state index in [4.69, 9.17) is 16.3 Å². The molecule has 0 spiro atoms. The van der Waals surface area contributed by atoms with Crippen molar-refractivity contribution in [2.24, 2.45) is 7.05 Å². The fourth-order valence-electron chi connectivity index (χ4n) is 2.73. The number of amides is 1. The van der Waals surface area contributed by atoms with Gasteiger partial charge in [-0.3, -0.25) is 9.48 Å². The van der Waals surface area contributed by atoms with Crippen LogP contribution in [-0.4, -0.2) is 45.4 Å². The molecule has 3 rings (SSSR count). The van der Waals surface area contributed by atoms with Crippen LogP contribution in [0.5, 0.6) is 5.75 Å². The number of aromatic hydroxyl groups is 1. The molecule has 2 aromatic rings. The van der Waals surface area contributed by atoms with Crippen molar-refractivity contribution in [3.63, 3.8) is 0 Å². The van der Waals surface area contributed by atoms with Crippen LogP contribution < -0.4 is 0 Å². The summed E-state index contributed by atoms with van der Waals surface area (Å²) >= 11 is 5.90. The Morgan fingerprint density at radius 1 is 1.48 bits per heavy atom. The number of hydrogen-bond donors (Lipinski definition) is 1. The minimum absolute atomic E-state index is 0.0367. The lowest BCUT2D eigenvalue weighted by molar-refractivity contribution is -0.0931. The molecule has 0 unspecified atom stereocenters. The number of morpholine rings is 1. The highest BCUT2D eigenvalue weighted by atomic mass is 35.5. The molecular formula is C16H18ClN3O3. The van der Waals surface area contributed by atoms with Gasteiger partial charge in [0.05, 0.1) is 24.4 Å². The molecule has 1 atom stereocenters. The van der Waals surface area contributed by atoms with Crippen LogP contribution >= 0.6 is 11.6 Å². The summed E-state index contributed by atoms with van der Waals surface area (Å²) in [5.74, 6) is -0.171. The number of benzene rings is 1. The number of hydrogen-bond acceptors (Lipinski definition) is 4. The lowest BCUT2D eigenvalue weighted by Gasteiger charge is -2.40. The van der Waals surface area contributed by atoms with E-state index in [0.29, 0.717) is 25.3 Å². The summed E-state index contributed by atoms with van der Waals surface area (Å²) < 4.78 is 7.62. The molecule has 0 radical (unpaired) electrons. The number of ether oxygens (including phenoxy) is 1. The Labute approximate surface area is 139 Å². The third-order valence-electron chi connectivity index (χ3n) is 4.07. The SMILES string of the molecule is Cn1cc([C@]2(C)CN(C(=O)c3ccc(O)c(Cl)c3)CCO2)cn1. The molecule has 1 amide bonds. The molecule has 122 valence electrons. The Bertz CT molecular complexity index is 746. The fourth-order valence-corrected chi connectivity index (χ4v) is 2.92. The van der Waals surface area contributed by atoms with Crippen LogP contribution in [0.2, 0.25) is 5.02 Å². The first kappa shape index (κ1) is 15.8. The minimum atomic E-state index is -0.594. The summed E-state index contributed by atoms with van der Waals surface area (Å²) in [6, 6.07) is 4.48. The van der Waals surface area contributed by atoms with Gasteiger partial charge in [0, 0.05) is 30.9 Å². The molecule has 1 aromatic carbocycles. The van der Waals surface area contributed by atoms with Crippen molar-refractivity contribution in [2.75, 3.05) is 19.7 Å². The summed E-state index contributed by atoms with van der Waals surface area (Å²) in [6.07, 6.45) is 3.65. The van der Waals surface area contributed by atoms with Gasteiger partial charge in [0.15, 0.2) is 0 Å². The predicted molar refractivity (Wildman–Crippen MR) is 85.5 cm³/mol. The first-order valence-electron chi connectivity index (χ1n) is 7.30. The van der Waals surface area contributed by atoms with Crippen LogP contribution in [0.25, 0.3) is 0 Å². The minimum Gasteiger partial charge on any atom is -0.506 e. The van der Waals surface area contributed by atoms with Crippen molar-refractivity contribution in [1.29, 1.82) is 0 Å². The normalized spacial score (nSPS) is 21.4. The largest absolute Gasteiger partial charge is 0.506 e. The van der Waals surface area contributed by atoms with Crippen molar-refractivity contribution in [3.8, 4) is 5.75 Å². The Balaban J connectivity index is 1.83. The van der Waals surface area contributed by atoms with E-state index in [0.717, 1.165) is 5.56 Å². The van der Waals surface area contributed by atoms with Crippen LogP contribution in [-0.2, 0) is 17.4 Å². The maximum atomic E-state index is 12.7. The predicted octanol–water partition coefficient (Wildman–Crippen LogP) is 2.17. The first-order valence-corrected chi connectivity index (χ1v) is 7.68. The number of aryl methyl sites for hydroxylation is 1. The number of carbonyl (C=O) groups is 1. The average Bonchev–Trinajstić information content (AvgIpc) is 2.97. The van der Waals surface area contributed by atoms with Gasteiger partial charge in [0.25, 0.3) is 5.91 Å². The molecule has 1 aliphatic rings.